The van der Waals surface area contributed by atoms with E-state index in [-0.39, 0.29) is 41.6 Å². The number of fused-ring (bicyclic) bond motifs is 10. The Labute approximate surface area is 365 Å². The molecule has 6 nitrogen and oxygen atoms in total. The Balaban J connectivity index is 1.32. The third-order valence-electron chi connectivity index (χ3n) is 12.3. The maximum Gasteiger partial charge on any atom is 0.126 e. The number of halogens is 1. The van der Waals surface area contributed by atoms with E-state index in [4.69, 9.17) is 9.47 Å². The van der Waals surface area contributed by atoms with Crippen LogP contribution in [0.25, 0.3) is 0 Å². The van der Waals surface area contributed by atoms with Crippen LogP contribution in [0.1, 0.15) is 104 Å². The van der Waals surface area contributed by atoms with Crippen molar-refractivity contribution in [2.24, 2.45) is 0 Å². The quantitative estimate of drug-likeness (QED) is 0.121. The van der Waals surface area contributed by atoms with Crippen molar-refractivity contribution in [3.05, 3.63) is 209 Å². The molecule has 7 aromatic carbocycles. The van der Waals surface area contributed by atoms with Crippen LogP contribution in [0.15, 0.2) is 126 Å². The lowest BCUT2D eigenvalue weighted by molar-refractivity contribution is 0.292. The summed E-state index contributed by atoms with van der Waals surface area (Å²) in [5, 5.41) is 47.5. The molecule has 308 valence electrons. The molecule has 2 aliphatic heterocycles. The van der Waals surface area contributed by atoms with E-state index in [1.54, 1.807) is 0 Å². The van der Waals surface area contributed by atoms with Crippen LogP contribution >= 0.6 is 15.9 Å². The van der Waals surface area contributed by atoms with Gasteiger partial charge < -0.3 is 29.9 Å². The van der Waals surface area contributed by atoms with E-state index in [2.05, 4.69) is 48.8 Å². The highest BCUT2D eigenvalue weighted by molar-refractivity contribution is 9.10. The smallest absolute Gasteiger partial charge is 0.126 e. The second-order valence-corrected chi connectivity index (χ2v) is 18.3. The molecule has 4 N–H and O–H groups in total. The lowest BCUT2D eigenvalue weighted by atomic mass is 9.85. The third-order valence-corrected chi connectivity index (χ3v) is 13.3. The first kappa shape index (κ1) is 40.2. The van der Waals surface area contributed by atoms with E-state index in [0.717, 1.165) is 65.7 Å². The van der Waals surface area contributed by atoms with Gasteiger partial charge in [0.1, 0.15) is 47.7 Å². The van der Waals surface area contributed by atoms with Gasteiger partial charge in [0.05, 0.1) is 0 Å². The molecular weight excluding hydrogens is 824 g/mol. The van der Waals surface area contributed by atoms with Crippen molar-refractivity contribution in [3.63, 3.8) is 0 Å². The average Bonchev–Trinajstić information content (AvgIpc) is 3.23. The van der Waals surface area contributed by atoms with Crippen LogP contribution in [0, 0.1) is 0 Å². The molecule has 7 aromatic rings. The number of phenols is 4. The molecule has 7 heteroatoms. The predicted octanol–water partition coefficient (Wildman–Crippen LogP) is 11.9. The Hall–Kier alpha value is -6.18. The maximum atomic E-state index is 11.9. The van der Waals surface area contributed by atoms with Gasteiger partial charge in [-0.2, -0.15) is 0 Å². The van der Waals surface area contributed by atoms with Gasteiger partial charge in [-0.25, -0.2) is 0 Å². The van der Waals surface area contributed by atoms with Gasteiger partial charge in [-0.3, -0.25) is 0 Å². The minimum atomic E-state index is -0.186. The molecule has 0 aliphatic carbocycles. The SMILES string of the molecule is CC(C)(C)c1cc2c(Br)c(c1)COc1c3cccc1Cc1cccc(c1O)Cc1cccc(c1O)Cc1cccc(c1OC2)Cc1cccc(c1O)Cc1cccc(c1O)C3. The van der Waals surface area contributed by atoms with Gasteiger partial charge in [0, 0.05) is 54.1 Å². The van der Waals surface area contributed by atoms with Crippen LogP contribution < -0.4 is 9.47 Å². The molecule has 0 atom stereocenters. The van der Waals surface area contributed by atoms with Gasteiger partial charge in [0.2, 0.25) is 0 Å². The first-order chi connectivity index (χ1) is 29.4. The molecule has 0 amide bonds. The number of rotatable bonds is 0. The van der Waals surface area contributed by atoms with Crippen LogP contribution in [-0.4, -0.2) is 20.4 Å². The number of ether oxygens (including phenoxy) is 2. The summed E-state index contributed by atoms with van der Waals surface area (Å²) in [7, 11) is 0. The minimum absolute atomic E-state index is 0.179. The van der Waals surface area contributed by atoms with Crippen LogP contribution in [0.4, 0.5) is 0 Å². The normalized spacial score (nSPS) is 13.9. The molecule has 0 saturated heterocycles. The molecular formula is C54H49BrO6. The molecule has 12 bridgehead atoms. The fraction of sp³-hybridized carbons (Fsp3) is 0.222. The van der Waals surface area contributed by atoms with Gasteiger partial charge in [0.25, 0.3) is 0 Å². The van der Waals surface area contributed by atoms with Gasteiger partial charge in [-0.05, 0) is 93.7 Å². The van der Waals surface area contributed by atoms with Crippen molar-refractivity contribution < 1.29 is 29.9 Å². The van der Waals surface area contributed by atoms with E-state index in [1.807, 2.05) is 109 Å². The van der Waals surface area contributed by atoms with Crippen LogP contribution in [0.5, 0.6) is 34.5 Å². The number of phenolic OH excluding ortho intramolecular Hbond substituents is 4. The summed E-state index contributed by atoms with van der Waals surface area (Å²) in [5.74, 6) is 2.08. The predicted molar refractivity (Wildman–Crippen MR) is 244 cm³/mol. The molecule has 9 rings (SSSR count). The average molecular weight is 874 g/mol. The zero-order valence-electron chi connectivity index (χ0n) is 34.7. The van der Waals surface area contributed by atoms with Gasteiger partial charge in [0.15, 0.2) is 0 Å². The van der Waals surface area contributed by atoms with Crippen molar-refractivity contribution >= 4 is 15.9 Å². The minimum Gasteiger partial charge on any atom is -0.507 e. The van der Waals surface area contributed by atoms with Crippen LogP contribution in [0.2, 0.25) is 0 Å². The largest absolute Gasteiger partial charge is 0.507 e. The van der Waals surface area contributed by atoms with E-state index >= 15 is 0 Å². The summed E-state index contributed by atoms with van der Waals surface area (Å²) in [6, 6.07) is 39.7. The van der Waals surface area contributed by atoms with Crippen molar-refractivity contribution in [1.29, 1.82) is 0 Å². The molecule has 2 aliphatic rings. The Morgan fingerprint density at radius 2 is 0.607 bits per heavy atom. The highest BCUT2D eigenvalue weighted by atomic mass is 79.9. The fourth-order valence-electron chi connectivity index (χ4n) is 8.85. The zero-order chi connectivity index (χ0) is 42.4. The zero-order valence-corrected chi connectivity index (χ0v) is 36.3. The van der Waals surface area contributed by atoms with E-state index in [9.17, 15) is 20.4 Å². The summed E-state index contributed by atoms with van der Waals surface area (Å²) in [6.45, 7) is 7.10. The number of para-hydroxylation sites is 6. The number of benzene rings is 7. The fourth-order valence-corrected chi connectivity index (χ4v) is 9.30. The number of hydrogen-bond acceptors (Lipinski definition) is 6. The van der Waals surface area contributed by atoms with E-state index in [0.29, 0.717) is 72.3 Å². The van der Waals surface area contributed by atoms with Gasteiger partial charge in [-0.1, -0.05) is 142 Å². The summed E-state index contributed by atoms with van der Waals surface area (Å²) in [6.07, 6.45) is 2.21. The van der Waals surface area contributed by atoms with Crippen molar-refractivity contribution in [2.45, 2.75) is 77.9 Å². The molecule has 2 heterocycles. The summed E-state index contributed by atoms with van der Waals surface area (Å²) in [4.78, 5) is 0. The highest BCUT2D eigenvalue weighted by Gasteiger charge is 2.24. The van der Waals surface area contributed by atoms with Gasteiger partial charge in [-0.15, -0.1) is 0 Å². The molecule has 0 fully saturated rings. The lowest BCUT2D eigenvalue weighted by Crippen LogP contribution is -2.14. The topological polar surface area (TPSA) is 99.4 Å². The molecule has 0 aromatic heterocycles. The lowest BCUT2D eigenvalue weighted by Gasteiger charge is -2.24. The first-order valence-corrected chi connectivity index (χ1v) is 21.7. The summed E-state index contributed by atoms with van der Waals surface area (Å²) >= 11 is 3.99. The summed E-state index contributed by atoms with van der Waals surface area (Å²) in [5.41, 5.74) is 12.2. The molecule has 0 saturated carbocycles. The molecule has 61 heavy (non-hydrogen) atoms. The Morgan fingerprint density at radius 3 is 0.852 bits per heavy atom. The van der Waals surface area contributed by atoms with Gasteiger partial charge >= 0.3 is 0 Å². The maximum absolute atomic E-state index is 11.9. The molecule has 0 unspecified atom stereocenters. The standard InChI is InChI=1S/C54H49BrO6/c1-54(2,3)46-28-44-30-60-52-40-18-8-19-41(52)26-38-16-6-12-34(50(38)58)23-35-13-7-17-39(51(35)59)27-43-21-9-20-42(53(43)61-31-45(29-46)47(44)55)25-37-15-5-11-33(49(37)57)22-32-10-4-14-36(24-40)48(32)56/h4-21,28-29,56-59H,22-27,30-31H2,1-3H3. The third kappa shape index (κ3) is 8.07. The van der Waals surface area contributed by atoms with Crippen molar-refractivity contribution in [2.75, 3.05) is 0 Å². The number of hydrogen-bond donors (Lipinski definition) is 4. The first-order valence-electron chi connectivity index (χ1n) is 20.9. The van der Waals surface area contributed by atoms with Crippen molar-refractivity contribution in [1.82, 2.24) is 0 Å². The van der Waals surface area contributed by atoms with Crippen molar-refractivity contribution in [3.8, 4) is 34.5 Å². The highest BCUT2D eigenvalue weighted by Crippen LogP contribution is 2.41. The Bertz CT molecular complexity index is 2490. The second-order valence-electron chi connectivity index (χ2n) is 17.5. The van der Waals surface area contributed by atoms with E-state index < -0.39 is 0 Å². The molecule has 0 radical (unpaired) electrons. The second kappa shape index (κ2) is 16.4. The Kier molecular flexibility index (Phi) is 10.8. The summed E-state index contributed by atoms with van der Waals surface area (Å²) < 4.78 is 14.8. The Morgan fingerprint density at radius 1 is 0.377 bits per heavy atom. The van der Waals surface area contributed by atoms with Crippen LogP contribution in [-0.2, 0) is 57.2 Å². The van der Waals surface area contributed by atoms with E-state index in [1.165, 1.54) is 0 Å². The monoisotopic (exact) mass is 872 g/mol. The number of aromatic hydroxyl groups is 4. The molecule has 0 spiro atoms. The van der Waals surface area contributed by atoms with Crippen LogP contribution in [0.3, 0.4) is 0 Å².